The lowest BCUT2D eigenvalue weighted by atomic mass is 10.0. The molecule has 218 valence electrons. The number of halogens is 3. The lowest BCUT2D eigenvalue weighted by Crippen LogP contribution is -2.43. The predicted octanol–water partition coefficient (Wildman–Crippen LogP) is 4.33. The average molecular weight is 609 g/mol. The molecule has 2 aliphatic rings. The highest BCUT2D eigenvalue weighted by Crippen LogP contribution is 2.38. The minimum absolute atomic E-state index is 0.0260. The van der Waals surface area contributed by atoms with Crippen LogP contribution >= 0.6 is 12.2 Å². The van der Waals surface area contributed by atoms with Crippen molar-refractivity contribution >= 4 is 50.6 Å². The van der Waals surface area contributed by atoms with Crippen LogP contribution in [0.3, 0.4) is 0 Å². The van der Waals surface area contributed by atoms with E-state index < -0.39 is 44.6 Å². The Morgan fingerprint density at radius 1 is 1.24 bits per heavy atom. The highest BCUT2D eigenvalue weighted by Gasteiger charge is 2.50. The van der Waals surface area contributed by atoms with Crippen molar-refractivity contribution in [1.29, 1.82) is 5.26 Å². The third-order valence-corrected chi connectivity index (χ3v) is 9.38. The molecule has 0 atom stereocenters. The standard InChI is InChI=1S/C26H27F3N6O4S2/c1-4-39-23(37)32-41(38)11-9-33(10-12-41)21-8-5-17(15-31-21)16-34-24(40)35(22(36)25(34,2)3)19-7-6-18(14-30)20(13-19)26(27,28)29/h5-8,13,15H,4,9-12,16H2,1-3H3. The summed E-state index contributed by atoms with van der Waals surface area (Å²) < 4.78 is 62.0. The zero-order valence-corrected chi connectivity index (χ0v) is 24.1. The van der Waals surface area contributed by atoms with E-state index in [2.05, 4.69) is 9.35 Å². The molecule has 0 N–H and O–H groups in total. The van der Waals surface area contributed by atoms with Gasteiger partial charge in [0.2, 0.25) is 0 Å². The second-order valence-electron chi connectivity index (χ2n) is 9.89. The molecule has 3 heterocycles. The number of pyridine rings is 1. The van der Waals surface area contributed by atoms with Gasteiger partial charge in [0.25, 0.3) is 5.91 Å². The van der Waals surface area contributed by atoms with Crippen LogP contribution in [-0.2, 0) is 32.0 Å². The Morgan fingerprint density at radius 3 is 2.49 bits per heavy atom. The van der Waals surface area contributed by atoms with Gasteiger partial charge >= 0.3 is 12.3 Å². The third kappa shape index (κ3) is 6.13. The zero-order valence-electron chi connectivity index (χ0n) is 22.5. The quantitative estimate of drug-likeness (QED) is 0.457. The summed E-state index contributed by atoms with van der Waals surface area (Å²) in [5.41, 5.74) is -2.24. The number of aromatic nitrogens is 1. The molecule has 0 spiro atoms. The molecule has 41 heavy (non-hydrogen) atoms. The van der Waals surface area contributed by atoms with Gasteiger partial charge < -0.3 is 14.5 Å². The SMILES string of the molecule is CCOC(=O)N=S1(=O)CCN(c2ccc(CN3C(=S)N(c4ccc(C#N)c(C(F)(F)F)c4)C(=O)C3(C)C)cn2)CC1. The van der Waals surface area contributed by atoms with Crippen molar-refractivity contribution in [3.05, 3.63) is 53.2 Å². The maximum absolute atomic E-state index is 13.6. The van der Waals surface area contributed by atoms with E-state index in [0.717, 1.165) is 17.0 Å². The molecule has 2 amide bonds. The molecule has 1 aromatic carbocycles. The molecule has 0 aliphatic carbocycles. The number of anilines is 2. The number of thiocarbonyl (C=S) groups is 1. The summed E-state index contributed by atoms with van der Waals surface area (Å²) in [6, 6.07) is 8.15. The Morgan fingerprint density at radius 2 is 1.93 bits per heavy atom. The van der Waals surface area contributed by atoms with Crippen molar-refractivity contribution in [2.45, 2.75) is 39.0 Å². The fraction of sp³-hybridized carbons (Fsp3) is 0.423. The highest BCUT2D eigenvalue weighted by molar-refractivity contribution is 7.94. The summed E-state index contributed by atoms with van der Waals surface area (Å²) in [4.78, 5) is 34.1. The summed E-state index contributed by atoms with van der Waals surface area (Å²) in [5, 5.41) is 9.12. The second kappa shape index (κ2) is 11.2. The van der Waals surface area contributed by atoms with Crippen LogP contribution in [0.4, 0.5) is 29.5 Å². The Balaban J connectivity index is 1.50. The molecule has 10 nitrogen and oxygen atoms in total. The van der Waals surface area contributed by atoms with Crippen LogP contribution in [0.5, 0.6) is 0 Å². The fourth-order valence-corrected chi connectivity index (χ4v) is 6.74. The third-order valence-electron chi connectivity index (χ3n) is 6.85. The Hall–Kier alpha value is -3.77. The number of hydrogen-bond donors (Lipinski definition) is 0. The van der Waals surface area contributed by atoms with E-state index in [1.54, 1.807) is 44.0 Å². The number of nitriles is 1. The predicted molar refractivity (Wildman–Crippen MR) is 150 cm³/mol. The minimum Gasteiger partial charge on any atom is -0.448 e. The van der Waals surface area contributed by atoms with Gasteiger partial charge in [-0.15, -0.1) is 4.36 Å². The van der Waals surface area contributed by atoms with Gasteiger partial charge in [-0.2, -0.15) is 18.4 Å². The van der Waals surface area contributed by atoms with Crippen LogP contribution in [0.2, 0.25) is 0 Å². The lowest BCUT2D eigenvalue weighted by Gasteiger charge is -2.31. The molecule has 1 aromatic heterocycles. The second-order valence-corrected chi connectivity index (χ2v) is 12.8. The number of rotatable bonds is 5. The number of nitrogens with zero attached hydrogens (tertiary/aromatic N) is 6. The molecule has 0 unspecified atom stereocenters. The van der Waals surface area contributed by atoms with Crippen molar-refractivity contribution in [3.63, 3.8) is 0 Å². The molecule has 0 bridgehead atoms. The first-order valence-corrected chi connectivity index (χ1v) is 14.8. The number of ether oxygens (including phenoxy) is 1. The Bertz CT molecular complexity index is 1530. The highest BCUT2D eigenvalue weighted by atomic mass is 32.2. The van der Waals surface area contributed by atoms with Crippen molar-refractivity contribution in [2.75, 3.05) is 41.0 Å². The van der Waals surface area contributed by atoms with Gasteiger partial charge in [-0.1, -0.05) is 6.07 Å². The number of benzene rings is 1. The van der Waals surface area contributed by atoms with E-state index in [4.69, 9.17) is 22.2 Å². The van der Waals surface area contributed by atoms with Crippen molar-refractivity contribution in [2.24, 2.45) is 4.36 Å². The first kappa shape index (κ1) is 30.2. The van der Waals surface area contributed by atoms with Gasteiger partial charge in [0.1, 0.15) is 11.4 Å². The molecule has 2 aromatic rings. The number of hydrogen-bond acceptors (Lipinski definition) is 8. The Kier molecular flexibility index (Phi) is 8.28. The molecule has 2 aliphatic heterocycles. The molecule has 4 rings (SSSR count). The maximum Gasteiger partial charge on any atom is 0.441 e. The van der Waals surface area contributed by atoms with E-state index in [0.29, 0.717) is 24.5 Å². The van der Waals surface area contributed by atoms with Crippen LogP contribution in [0.1, 0.15) is 37.5 Å². The van der Waals surface area contributed by atoms with E-state index in [9.17, 15) is 27.0 Å². The van der Waals surface area contributed by atoms with E-state index in [1.165, 1.54) is 12.1 Å². The van der Waals surface area contributed by atoms with Crippen LogP contribution in [0.25, 0.3) is 0 Å². The first-order valence-electron chi connectivity index (χ1n) is 12.6. The zero-order chi connectivity index (χ0) is 30.2. The van der Waals surface area contributed by atoms with Crippen LogP contribution in [-0.4, -0.2) is 67.9 Å². The topological polar surface area (TPSA) is 119 Å². The van der Waals surface area contributed by atoms with Gasteiger partial charge in [0, 0.05) is 25.8 Å². The summed E-state index contributed by atoms with van der Waals surface area (Å²) in [6.45, 7) is 5.98. The molecular formula is C26H27F3N6O4S2. The molecule has 2 saturated heterocycles. The van der Waals surface area contributed by atoms with Crippen LogP contribution in [0.15, 0.2) is 40.9 Å². The number of carbonyl (C=O) groups is 2. The minimum atomic E-state index is -4.78. The monoisotopic (exact) mass is 608 g/mol. The van der Waals surface area contributed by atoms with Gasteiger partial charge in [-0.3, -0.25) is 9.69 Å². The number of alkyl halides is 3. The molecule has 2 fully saturated rings. The Labute approximate surface area is 240 Å². The maximum atomic E-state index is 13.6. The van der Waals surface area contributed by atoms with E-state index in [1.807, 2.05) is 4.90 Å². The molecule has 15 heteroatoms. The first-order chi connectivity index (χ1) is 19.2. The van der Waals surface area contributed by atoms with Gasteiger partial charge in [-0.05, 0) is 62.8 Å². The van der Waals surface area contributed by atoms with Gasteiger partial charge in [0.05, 0.1) is 50.7 Å². The van der Waals surface area contributed by atoms with E-state index >= 15 is 0 Å². The van der Waals surface area contributed by atoms with Gasteiger partial charge in [-0.25, -0.2) is 14.0 Å². The van der Waals surface area contributed by atoms with Gasteiger partial charge in [0.15, 0.2) is 5.11 Å². The number of carbonyl (C=O) groups excluding carboxylic acids is 2. The van der Waals surface area contributed by atoms with Crippen molar-refractivity contribution in [1.82, 2.24) is 9.88 Å². The lowest BCUT2D eigenvalue weighted by molar-refractivity contribution is -0.137. The largest absolute Gasteiger partial charge is 0.448 e. The molecular weight excluding hydrogens is 581 g/mol. The molecule has 0 radical (unpaired) electrons. The summed E-state index contributed by atoms with van der Waals surface area (Å²) in [5.74, 6) is 0.503. The van der Waals surface area contributed by atoms with E-state index in [-0.39, 0.29) is 35.5 Å². The smallest absolute Gasteiger partial charge is 0.441 e. The number of amides is 2. The molecule has 0 saturated carbocycles. The van der Waals surface area contributed by atoms with Crippen LogP contribution in [0, 0.1) is 11.3 Å². The summed E-state index contributed by atoms with van der Waals surface area (Å²) >= 11 is 5.55. The van der Waals surface area contributed by atoms with Crippen LogP contribution < -0.4 is 9.80 Å². The average Bonchev–Trinajstić information content (AvgIpc) is 3.07. The summed E-state index contributed by atoms with van der Waals surface area (Å²) in [7, 11) is -2.70. The fourth-order valence-electron chi connectivity index (χ4n) is 4.54. The summed E-state index contributed by atoms with van der Waals surface area (Å²) in [6.07, 6.45) is -4.00. The normalized spacial score (nSPS) is 18.3. The van der Waals surface area contributed by atoms with Crippen molar-refractivity contribution in [3.8, 4) is 6.07 Å². The van der Waals surface area contributed by atoms with Crippen molar-refractivity contribution < 1.29 is 31.7 Å².